The van der Waals surface area contributed by atoms with Crippen molar-refractivity contribution >= 4 is 11.8 Å². The number of carbonyl (C=O) groups is 2. The molecule has 2 amide bonds. The molecule has 0 bridgehead atoms. The average molecular weight is 448 g/mol. The molecule has 4 rings (SSSR count). The topological polar surface area (TPSA) is 105 Å². The molecule has 0 radical (unpaired) electrons. The lowest BCUT2D eigenvalue weighted by molar-refractivity contribution is -0.128. The fourth-order valence-corrected chi connectivity index (χ4v) is 4.05. The van der Waals surface area contributed by atoms with E-state index in [-0.39, 0.29) is 17.9 Å². The van der Waals surface area contributed by atoms with Crippen LogP contribution in [0.1, 0.15) is 48.5 Å². The zero-order valence-corrected chi connectivity index (χ0v) is 18.8. The number of piperidine rings is 1. The van der Waals surface area contributed by atoms with Gasteiger partial charge >= 0.3 is 0 Å². The van der Waals surface area contributed by atoms with Gasteiger partial charge in [0, 0.05) is 11.1 Å². The standard InChI is InChI=1S/C24H29N7O2/c1-2-15-30-16-7-6-10-21(30)24(33)27-26-23(32)20-13-11-18(12-14-20)17-31-28-22(25-29-31)19-8-4-3-5-9-19/h3-5,8-9,11-14,21H,2,6-7,10,15-17H2,1H3,(H,26,32)(H,27,33). The maximum Gasteiger partial charge on any atom is 0.269 e. The number of amides is 2. The van der Waals surface area contributed by atoms with E-state index in [0.29, 0.717) is 17.9 Å². The summed E-state index contributed by atoms with van der Waals surface area (Å²) >= 11 is 0. The van der Waals surface area contributed by atoms with E-state index < -0.39 is 0 Å². The van der Waals surface area contributed by atoms with Crippen LogP contribution in [0.15, 0.2) is 54.6 Å². The van der Waals surface area contributed by atoms with Gasteiger partial charge in [0.05, 0.1) is 12.6 Å². The second-order valence-corrected chi connectivity index (χ2v) is 8.20. The fraction of sp³-hybridized carbons (Fsp3) is 0.375. The Morgan fingerprint density at radius 3 is 2.58 bits per heavy atom. The van der Waals surface area contributed by atoms with Gasteiger partial charge in [0.2, 0.25) is 5.82 Å². The Kier molecular flexibility index (Phi) is 7.41. The molecule has 0 spiro atoms. The van der Waals surface area contributed by atoms with Gasteiger partial charge in [-0.25, -0.2) is 0 Å². The number of hydrazine groups is 1. The summed E-state index contributed by atoms with van der Waals surface area (Å²) in [5.41, 5.74) is 7.45. The van der Waals surface area contributed by atoms with Gasteiger partial charge in [-0.05, 0) is 55.3 Å². The van der Waals surface area contributed by atoms with Gasteiger partial charge < -0.3 is 0 Å². The summed E-state index contributed by atoms with van der Waals surface area (Å²) in [7, 11) is 0. The molecular weight excluding hydrogens is 418 g/mol. The highest BCUT2D eigenvalue weighted by Gasteiger charge is 2.28. The molecule has 2 heterocycles. The Labute approximate surface area is 193 Å². The summed E-state index contributed by atoms with van der Waals surface area (Å²) in [6.45, 7) is 4.36. The highest BCUT2D eigenvalue weighted by Crippen LogP contribution is 2.17. The van der Waals surface area contributed by atoms with E-state index in [2.05, 4.69) is 38.1 Å². The molecular formula is C24H29N7O2. The Morgan fingerprint density at radius 2 is 1.82 bits per heavy atom. The Balaban J connectivity index is 1.30. The van der Waals surface area contributed by atoms with E-state index in [4.69, 9.17) is 0 Å². The zero-order chi connectivity index (χ0) is 23.0. The molecule has 9 nitrogen and oxygen atoms in total. The van der Waals surface area contributed by atoms with Gasteiger partial charge in [0.25, 0.3) is 11.8 Å². The predicted octanol–water partition coefficient (Wildman–Crippen LogP) is 2.41. The van der Waals surface area contributed by atoms with Crippen LogP contribution < -0.4 is 10.9 Å². The second-order valence-electron chi connectivity index (χ2n) is 8.20. The third-order valence-electron chi connectivity index (χ3n) is 5.75. The second kappa shape index (κ2) is 10.8. The van der Waals surface area contributed by atoms with Crippen molar-refractivity contribution in [2.45, 2.75) is 45.2 Å². The number of benzene rings is 2. The van der Waals surface area contributed by atoms with E-state index in [1.54, 1.807) is 12.1 Å². The van der Waals surface area contributed by atoms with Crippen LogP contribution in [-0.2, 0) is 11.3 Å². The van der Waals surface area contributed by atoms with Crippen LogP contribution in [0.3, 0.4) is 0 Å². The molecule has 1 atom stereocenters. The normalized spacial score (nSPS) is 16.3. The van der Waals surface area contributed by atoms with E-state index in [0.717, 1.165) is 49.9 Å². The zero-order valence-electron chi connectivity index (χ0n) is 18.8. The highest BCUT2D eigenvalue weighted by atomic mass is 16.2. The Morgan fingerprint density at radius 1 is 1.03 bits per heavy atom. The van der Waals surface area contributed by atoms with Crippen LogP contribution >= 0.6 is 0 Å². The van der Waals surface area contributed by atoms with Crippen LogP contribution in [0.5, 0.6) is 0 Å². The molecule has 1 unspecified atom stereocenters. The largest absolute Gasteiger partial charge is 0.292 e. The van der Waals surface area contributed by atoms with Gasteiger partial charge in [-0.3, -0.25) is 25.3 Å². The molecule has 2 N–H and O–H groups in total. The highest BCUT2D eigenvalue weighted by molar-refractivity contribution is 5.95. The SMILES string of the molecule is CCCN1CCCCC1C(=O)NNC(=O)c1ccc(Cn2nnc(-c3ccccc3)n2)cc1. The maximum atomic E-state index is 12.6. The Hall–Kier alpha value is -3.59. The van der Waals surface area contributed by atoms with Crippen molar-refractivity contribution in [1.29, 1.82) is 0 Å². The molecule has 2 aromatic carbocycles. The Bertz CT molecular complexity index is 1060. The van der Waals surface area contributed by atoms with Crippen molar-refractivity contribution in [2.24, 2.45) is 0 Å². The average Bonchev–Trinajstić information content (AvgIpc) is 3.32. The van der Waals surface area contributed by atoms with Crippen molar-refractivity contribution in [2.75, 3.05) is 13.1 Å². The molecule has 1 fully saturated rings. The first kappa shape index (κ1) is 22.6. The number of nitrogens with zero attached hydrogens (tertiary/aromatic N) is 5. The molecule has 1 aliphatic rings. The number of hydrogen-bond acceptors (Lipinski definition) is 6. The van der Waals surface area contributed by atoms with Crippen molar-refractivity contribution < 1.29 is 9.59 Å². The minimum absolute atomic E-state index is 0.153. The van der Waals surface area contributed by atoms with Crippen LogP contribution in [0, 0.1) is 0 Å². The van der Waals surface area contributed by atoms with Crippen LogP contribution in [0.4, 0.5) is 0 Å². The quantitative estimate of drug-likeness (QED) is 0.539. The van der Waals surface area contributed by atoms with Crippen LogP contribution in [0.2, 0.25) is 0 Å². The molecule has 33 heavy (non-hydrogen) atoms. The molecule has 1 aromatic heterocycles. The number of hydrogen-bond donors (Lipinski definition) is 2. The van der Waals surface area contributed by atoms with Gasteiger partial charge in [-0.15, -0.1) is 10.2 Å². The molecule has 0 aliphatic carbocycles. The third kappa shape index (κ3) is 5.81. The number of nitrogens with one attached hydrogen (secondary N) is 2. The predicted molar refractivity (Wildman–Crippen MR) is 124 cm³/mol. The van der Waals surface area contributed by atoms with Crippen LogP contribution in [0.25, 0.3) is 11.4 Å². The summed E-state index contributed by atoms with van der Waals surface area (Å²) in [6.07, 6.45) is 3.96. The summed E-state index contributed by atoms with van der Waals surface area (Å²) < 4.78 is 0. The first-order chi connectivity index (χ1) is 16.1. The monoisotopic (exact) mass is 447 g/mol. The van der Waals surface area contributed by atoms with Gasteiger partial charge in [-0.2, -0.15) is 4.80 Å². The lowest BCUT2D eigenvalue weighted by Crippen LogP contribution is -2.54. The molecule has 1 aliphatic heterocycles. The van der Waals surface area contributed by atoms with E-state index in [1.807, 2.05) is 42.5 Å². The van der Waals surface area contributed by atoms with Crippen LogP contribution in [-0.4, -0.2) is 56.1 Å². The van der Waals surface area contributed by atoms with Crippen molar-refractivity contribution in [3.63, 3.8) is 0 Å². The minimum Gasteiger partial charge on any atom is -0.292 e. The van der Waals surface area contributed by atoms with E-state index >= 15 is 0 Å². The lowest BCUT2D eigenvalue weighted by atomic mass is 10.0. The smallest absolute Gasteiger partial charge is 0.269 e. The fourth-order valence-electron chi connectivity index (χ4n) is 4.05. The first-order valence-corrected chi connectivity index (χ1v) is 11.4. The molecule has 9 heteroatoms. The van der Waals surface area contributed by atoms with Crippen molar-refractivity contribution in [1.82, 2.24) is 36.0 Å². The number of likely N-dealkylation sites (tertiary alicyclic amines) is 1. The summed E-state index contributed by atoms with van der Waals surface area (Å²) in [4.78, 5) is 28.8. The summed E-state index contributed by atoms with van der Waals surface area (Å²) in [5.74, 6) is 0.0652. The minimum atomic E-state index is -0.349. The number of rotatable bonds is 7. The number of aromatic nitrogens is 4. The third-order valence-corrected chi connectivity index (χ3v) is 5.75. The number of carbonyl (C=O) groups excluding carboxylic acids is 2. The molecule has 0 saturated carbocycles. The summed E-state index contributed by atoms with van der Waals surface area (Å²) in [5, 5.41) is 12.6. The van der Waals surface area contributed by atoms with Gasteiger partial charge in [0.15, 0.2) is 0 Å². The van der Waals surface area contributed by atoms with E-state index in [1.165, 1.54) is 4.80 Å². The number of tetrazole rings is 1. The summed E-state index contributed by atoms with van der Waals surface area (Å²) in [6, 6.07) is 16.6. The lowest BCUT2D eigenvalue weighted by Gasteiger charge is -2.34. The van der Waals surface area contributed by atoms with Gasteiger partial charge in [0.1, 0.15) is 0 Å². The van der Waals surface area contributed by atoms with Crippen molar-refractivity contribution in [3.8, 4) is 11.4 Å². The maximum absolute atomic E-state index is 12.6. The van der Waals surface area contributed by atoms with Gasteiger partial charge in [-0.1, -0.05) is 55.8 Å². The van der Waals surface area contributed by atoms with Crippen molar-refractivity contribution in [3.05, 3.63) is 65.7 Å². The molecule has 1 saturated heterocycles. The first-order valence-electron chi connectivity index (χ1n) is 11.4. The van der Waals surface area contributed by atoms with E-state index in [9.17, 15) is 9.59 Å². The molecule has 172 valence electrons. The molecule has 3 aromatic rings.